The highest BCUT2D eigenvalue weighted by molar-refractivity contribution is 5.72. The second-order valence-corrected chi connectivity index (χ2v) is 4.36. The highest BCUT2D eigenvalue weighted by Crippen LogP contribution is 2.31. The molecule has 0 aliphatic rings. The fraction of sp³-hybridized carbons (Fsp3) is 0.214. The first kappa shape index (κ1) is 12.8. The van der Waals surface area contributed by atoms with Crippen molar-refractivity contribution in [1.82, 2.24) is 9.99 Å². The molecule has 0 spiro atoms. The van der Waals surface area contributed by atoms with Gasteiger partial charge in [-0.15, -0.1) is 5.11 Å². The quantitative estimate of drug-likeness (QED) is 0.672. The van der Waals surface area contributed by atoms with Gasteiger partial charge in [0.2, 0.25) is 0 Å². The van der Waals surface area contributed by atoms with E-state index in [2.05, 4.69) is 21.4 Å². The third-order valence-corrected chi connectivity index (χ3v) is 2.73. The zero-order valence-electron chi connectivity index (χ0n) is 11.2. The Morgan fingerprint density at radius 1 is 1.21 bits per heavy atom. The van der Waals surface area contributed by atoms with Gasteiger partial charge in [0.05, 0.1) is 5.69 Å². The summed E-state index contributed by atoms with van der Waals surface area (Å²) in [5.74, 6) is 0.493. The van der Waals surface area contributed by atoms with Gasteiger partial charge in [-0.25, -0.2) is 0 Å². The van der Waals surface area contributed by atoms with Crippen LogP contribution in [0.5, 0.6) is 0 Å². The standard InChI is InChI=1S/C14H15N5/c1-10-12(9-15)14(17-18-19(2)3)16-13(10)11-7-5-4-6-8-11/h4-8,16H,1-3H3/b18-17+. The fourth-order valence-electron chi connectivity index (χ4n) is 1.82. The molecule has 1 heterocycles. The molecule has 0 unspecified atom stereocenters. The molecule has 0 atom stereocenters. The van der Waals surface area contributed by atoms with Crippen LogP contribution < -0.4 is 0 Å². The number of nitrogens with zero attached hydrogens (tertiary/aromatic N) is 4. The van der Waals surface area contributed by atoms with E-state index in [0.29, 0.717) is 11.4 Å². The second-order valence-electron chi connectivity index (χ2n) is 4.36. The number of rotatable bonds is 3. The number of hydrogen-bond acceptors (Lipinski definition) is 3. The van der Waals surface area contributed by atoms with Crippen molar-refractivity contribution < 1.29 is 0 Å². The van der Waals surface area contributed by atoms with E-state index < -0.39 is 0 Å². The van der Waals surface area contributed by atoms with E-state index in [1.165, 1.54) is 0 Å². The van der Waals surface area contributed by atoms with Crippen molar-refractivity contribution in [2.75, 3.05) is 14.1 Å². The van der Waals surface area contributed by atoms with Crippen molar-refractivity contribution in [3.05, 3.63) is 41.5 Å². The third-order valence-electron chi connectivity index (χ3n) is 2.73. The molecule has 0 aliphatic heterocycles. The van der Waals surface area contributed by atoms with Gasteiger partial charge in [-0.05, 0) is 18.1 Å². The molecule has 19 heavy (non-hydrogen) atoms. The topological polar surface area (TPSA) is 67.5 Å². The minimum atomic E-state index is 0.493. The number of benzene rings is 1. The van der Waals surface area contributed by atoms with Gasteiger partial charge in [0.15, 0.2) is 5.82 Å². The van der Waals surface area contributed by atoms with Crippen molar-refractivity contribution >= 4 is 5.82 Å². The van der Waals surface area contributed by atoms with Crippen LogP contribution in [0.4, 0.5) is 5.82 Å². The molecule has 0 fully saturated rings. The van der Waals surface area contributed by atoms with E-state index in [9.17, 15) is 5.26 Å². The summed E-state index contributed by atoms with van der Waals surface area (Å²) in [5.41, 5.74) is 3.36. The van der Waals surface area contributed by atoms with Crippen LogP contribution in [0.1, 0.15) is 11.1 Å². The van der Waals surface area contributed by atoms with Crippen molar-refractivity contribution in [3.8, 4) is 17.3 Å². The Bertz CT molecular complexity index is 632. The maximum atomic E-state index is 9.24. The van der Waals surface area contributed by atoms with Crippen LogP contribution in [0, 0.1) is 18.3 Å². The first-order chi connectivity index (χ1) is 9.13. The monoisotopic (exact) mass is 253 g/mol. The minimum Gasteiger partial charge on any atom is -0.337 e. The van der Waals surface area contributed by atoms with Crippen LogP contribution in [0.25, 0.3) is 11.3 Å². The molecule has 0 amide bonds. The molecule has 0 aliphatic carbocycles. The maximum Gasteiger partial charge on any atom is 0.173 e. The molecule has 0 radical (unpaired) electrons. The van der Waals surface area contributed by atoms with Gasteiger partial charge >= 0.3 is 0 Å². The minimum absolute atomic E-state index is 0.493. The van der Waals surface area contributed by atoms with E-state index in [1.54, 1.807) is 19.1 Å². The van der Waals surface area contributed by atoms with Crippen molar-refractivity contribution in [3.63, 3.8) is 0 Å². The number of H-pyrrole nitrogens is 1. The fourth-order valence-corrected chi connectivity index (χ4v) is 1.82. The summed E-state index contributed by atoms with van der Waals surface area (Å²) in [6.45, 7) is 1.91. The van der Waals surface area contributed by atoms with Crippen LogP contribution in [0.15, 0.2) is 40.7 Å². The average molecular weight is 253 g/mol. The summed E-state index contributed by atoms with van der Waals surface area (Å²) in [6.07, 6.45) is 0. The van der Waals surface area contributed by atoms with Gasteiger partial charge in [-0.1, -0.05) is 35.6 Å². The Hall–Kier alpha value is -2.61. The average Bonchev–Trinajstić information content (AvgIpc) is 2.73. The van der Waals surface area contributed by atoms with Crippen LogP contribution in [-0.2, 0) is 0 Å². The zero-order chi connectivity index (χ0) is 13.8. The lowest BCUT2D eigenvalue weighted by Gasteiger charge is -1.99. The molecule has 1 N–H and O–H groups in total. The Morgan fingerprint density at radius 2 is 1.89 bits per heavy atom. The van der Waals surface area contributed by atoms with E-state index in [-0.39, 0.29) is 0 Å². The molecule has 1 aromatic carbocycles. The Labute approximate surface area is 112 Å². The van der Waals surface area contributed by atoms with Gasteiger partial charge in [-0.3, -0.25) is 5.01 Å². The molecular formula is C14H15N5. The summed E-state index contributed by atoms with van der Waals surface area (Å²) in [5, 5.41) is 18.8. The molecule has 1 aromatic heterocycles. The van der Waals surface area contributed by atoms with Crippen molar-refractivity contribution in [2.45, 2.75) is 6.92 Å². The highest BCUT2D eigenvalue weighted by Gasteiger charge is 2.14. The number of nitrogens with one attached hydrogen (secondary N) is 1. The molecular weight excluding hydrogens is 238 g/mol. The molecule has 5 nitrogen and oxygen atoms in total. The molecule has 0 bridgehead atoms. The van der Waals surface area contributed by atoms with Gasteiger partial charge in [0, 0.05) is 14.1 Å². The molecule has 5 heteroatoms. The van der Waals surface area contributed by atoms with Crippen LogP contribution in [-0.4, -0.2) is 24.1 Å². The molecule has 96 valence electrons. The van der Waals surface area contributed by atoms with Gasteiger partial charge in [0.1, 0.15) is 11.6 Å². The number of aromatic nitrogens is 1. The molecule has 2 rings (SSSR count). The van der Waals surface area contributed by atoms with Gasteiger partial charge in [0.25, 0.3) is 0 Å². The van der Waals surface area contributed by atoms with Crippen molar-refractivity contribution in [2.24, 2.45) is 10.3 Å². The van der Waals surface area contributed by atoms with Crippen LogP contribution >= 0.6 is 0 Å². The van der Waals surface area contributed by atoms with Gasteiger partial charge in [-0.2, -0.15) is 5.26 Å². The lowest BCUT2D eigenvalue weighted by Crippen LogP contribution is -1.99. The normalized spacial score (nSPS) is 10.6. The first-order valence-electron chi connectivity index (χ1n) is 5.90. The summed E-state index contributed by atoms with van der Waals surface area (Å²) >= 11 is 0. The lowest BCUT2D eigenvalue weighted by atomic mass is 10.1. The number of aromatic amines is 1. The molecule has 0 saturated heterocycles. The lowest BCUT2D eigenvalue weighted by molar-refractivity contribution is 0.408. The SMILES string of the molecule is Cc1c(-c2ccccc2)[nH]c(/N=N/N(C)C)c1C#N. The summed E-state index contributed by atoms with van der Waals surface area (Å²) < 4.78 is 0. The summed E-state index contributed by atoms with van der Waals surface area (Å²) in [6, 6.07) is 12.0. The van der Waals surface area contributed by atoms with E-state index in [0.717, 1.165) is 16.8 Å². The summed E-state index contributed by atoms with van der Waals surface area (Å²) in [7, 11) is 3.56. The summed E-state index contributed by atoms with van der Waals surface area (Å²) in [4.78, 5) is 3.16. The van der Waals surface area contributed by atoms with Crippen LogP contribution in [0.2, 0.25) is 0 Å². The number of hydrogen-bond donors (Lipinski definition) is 1. The van der Waals surface area contributed by atoms with E-state index in [4.69, 9.17) is 0 Å². The Kier molecular flexibility index (Phi) is 3.62. The predicted octanol–water partition coefficient (Wildman–Crippen LogP) is 3.42. The second kappa shape index (κ2) is 5.36. The maximum absolute atomic E-state index is 9.24. The number of nitriles is 1. The van der Waals surface area contributed by atoms with Crippen LogP contribution in [0.3, 0.4) is 0 Å². The van der Waals surface area contributed by atoms with E-state index in [1.807, 2.05) is 37.3 Å². The zero-order valence-corrected chi connectivity index (χ0v) is 11.2. The third kappa shape index (κ3) is 2.63. The van der Waals surface area contributed by atoms with E-state index >= 15 is 0 Å². The first-order valence-corrected chi connectivity index (χ1v) is 5.90. The smallest absolute Gasteiger partial charge is 0.173 e. The van der Waals surface area contributed by atoms with Gasteiger partial charge < -0.3 is 4.98 Å². The molecule has 2 aromatic rings. The highest BCUT2D eigenvalue weighted by atomic mass is 15.5. The Balaban J connectivity index is 2.51. The van der Waals surface area contributed by atoms with Crippen molar-refractivity contribution in [1.29, 1.82) is 5.26 Å². The predicted molar refractivity (Wildman–Crippen MR) is 73.9 cm³/mol. The largest absolute Gasteiger partial charge is 0.337 e. The molecule has 0 saturated carbocycles. The Morgan fingerprint density at radius 3 is 2.47 bits per heavy atom.